The van der Waals surface area contributed by atoms with E-state index in [1.807, 2.05) is 12.1 Å². The molecular formula is C18H14N4O2. The third-order valence-electron chi connectivity index (χ3n) is 3.32. The van der Waals surface area contributed by atoms with Gasteiger partial charge in [-0.05, 0) is 24.3 Å². The summed E-state index contributed by atoms with van der Waals surface area (Å²) < 4.78 is 0. The van der Waals surface area contributed by atoms with Gasteiger partial charge in [0.1, 0.15) is 18.7 Å². The molecule has 2 amide bonds. The molecule has 0 radical (unpaired) electrons. The summed E-state index contributed by atoms with van der Waals surface area (Å²) in [5.41, 5.74) is 1.38. The Hall–Kier alpha value is -3.64. The van der Waals surface area contributed by atoms with Gasteiger partial charge < -0.3 is 10.2 Å². The molecule has 0 unspecified atom stereocenters. The van der Waals surface area contributed by atoms with E-state index < -0.39 is 5.91 Å². The minimum absolute atomic E-state index is 0.256. The lowest BCUT2D eigenvalue weighted by atomic mass is 10.1. The molecule has 2 aromatic carbocycles. The number of carbonyl (C=O) groups is 2. The molecule has 0 spiro atoms. The molecule has 6 nitrogen and oxygen atoms in total. The highest BCUT2D eigenvalue weighted by atomic mass is 16.2. The summed E-state index contributed by atoms with van der Waals surface area (Å²) in [6.07, 6.45) is 0. The van der Waals surface area contributed by atoms with E-state index >= 15 is 0 Å². The highest BCUT2D eigenvalue weighted by molar-refractivity contribution is 6.02. The number of benzene rings is 2. The van der Waals surface area contributed by atoms with Gasteiger partial charge in [0.15, 0.2) is 0 Å². The van der Waals surface area contributed by atoms with Crippen LogP contribution in [-0.2, 0) is 9.59 Å². The van der Waals surface area contributed by atoms with E-state index in [0.717, 1.165) is 0 Å². The SMILES string of the molecule is CC(=O)N(CC(=O)Nc1ccccc1C#N)c1ccccc1C#N. The summed E-state index contributed by atoms with van der Waals surface area (Å²) in [6.45, 7) is 1.07. The van der Waals surface area contributed by atoms with Gasteiger partial charge in [0.25, 0.3) is 0 Å². The molecule has 0 saturated carbocycles. The van der Waals surface area contributed by atoms with E-state index in [-0.39, 0.29) is 12.5 Å². The maximum atomic E-state index is 12.3. The monoisotopic (exact) mass is 318 g/mol. The second-order valence-electron chi connectivity index (χ2n) is 4.94. The number of hydrogen-bond donors (Lipinski definition) is 1. The Bertz CT molecular complexity index is 862. The van der Waals surface area contributed by atoms with E-state index in [0.29, 0.717) is 22.5 Å². The zero-order chi connectivity index (χ0) is 17.5. The van der Waals surface area contributed by atoms with Crippen molar-refractivity contribution in [3.8, 4) is 12.1 Å². The summed E-state index contributed by atoms with van der Waals surface area (Å²) in [5.74, 6) is -0.818. The van der Waals surface area contributed by atoms with Crippen LogP contribution >= 0.6 is 0 Å². The van der Waals surface area contributed by atoms with Gasteiger partial charge in [-0.2, -0.15) is 10.5 Å². The first-order chi connectivity index (χ1) is 11.6. The summed E-state index contributed by atoms with van der Waals surface area (Å²) in [6, 6.07) is 17.1. The van der Waals surface area contributed by atoms with E-state index in [1.165, 1.54) is 11.8 Å². The van der Waals surface area contributed by atoms with Gasteiger partial charge in [-0.15, -0.1) is 0 Å². The zero-order valence-electron chi connectivity index (χ0n) is 13.0. The lowest BCUT2D eigenvalue weighted by Gasteiger charge is -2.21. The van der Waals surface area contributed by atoms with Crippen LogP contribution in [0.15, 0.2) is 48.5 Å². The number of anilines is 2. The van der Waals surface area contributed by atoms with Crippen LogP contribution in [0.4, 0.5) is 11.4 Å². The molecule has 0 bridgehead atoms. The van der Waals surface area contributed by atoms with Gasteiger partial charge in [-0.1, -0.05) is 24.3 Å². The second-order valence-corrected chi connectivity index (χ2v) is 4.94. The average molecular weight is 318 g/mol. The molecule has 1 N–H and O–H groups in total. The number of amides is 2. The normalized spacial score (nSPS) is 9.46. The van der Waals surface area contributed by atoms with Gasteiger partial charge in [0.05, 0.1) is 22.5 Å². The first kappa shape index (κ1) is 16.7. The first-order valence-electron chi connectivity index (χ1n) is 7.13. The standard InChI is InChI=1S/C18H14N4O2/c1-13(23)22(17-9-5-3-7-15(17)11-20)12-18(24)21-16-8-4-2-6-14(16)10-19/h2-9H,12H2,1H3,(H,21,24). The van der Waals surface area contributed by atoms with Crippen LogP contribution in [-0.4, -0.2) is 18.4 Å². The predicted octanol–water partition coefficient (Wildman–Crippen LogP) is 2.42. The number of carbonyl (C=O) groups excluding carboxylic acids is 2. The van der Waals surface area contributed by atoms with Crippen molar-refractivity contribution in [2.75, 3.05) is 16.8 Å². The van der Waals surface area contributed by atoms with Crippen LogP contribution in [0.25, 0.3) is 0 Å². The van der Waals surface area contributed by atoms with Gasteiger partial charge in [0.2, 0.25) is 11.8 Å². The van der Waals surface area contributed by atoms with E-state index in [1.54, 1.807) is 48.5 Å². The molecule has 0 aromatic heterocycles. The predicted molar refractivity (Wildman–Crippen MR) is 89.0 cm³/mol. The minimum Gasteiger partial charge on any atom is -0.323 e. The molecule has 0 fully saturated rings. The van der Waals surface area contributed by atoms with Crippen molar-refractivity contribution in [3.63, 3.8) is 0 Å². The lowest BCUT2D eigenvalue weighted by molar-refractivity contribution is -0.120. The van der Waals surface area contributed by atoms with Crippen molar-refractivity contribution in [2.24, 2.45) is 0 Å². The number of nitrogens with zero attached hydrogens (tertiary/aromatic N) is 3. The van der Waals surface area contributed by atoms with Crippen LogP contribution in [0.3, 0.4) is 0 Å². The number of hydrogen-bond acceptors (Lipinski definition) is 4. The van der Waals surface area contributed by atoms with Crippen LogP contribution < -0.4 is 10.2 Å². The molecule has 0 aliphatic rings. The molecule has 0 heterocycles. The third kappa shape index (κ3) is 3.76. The highest BCUT2D eigenvalue weighted by Crippen LogP contribution is 2.20. The lowest BCUT2D eigenvalue weighted by Crippen LogP contribution is -2.37. The van der Waals surface area contributed by atoms with Crippen LogP contribution in [0.2, 0.25) is 0 Å². The number of rotatable bonds is 4. The van der Waals surface area contributed by atoms with Crippen molar-refractivity contribution in [3.05, 3.63) is 59.7 Å². The number of nitriles is 2. The Labute approximate surface area is 139 Å². The first-order valence-corrected chi connectivity index (χ1v) is 7.13. The molecule has 2 rings (SSSR count). The van der Waals surface area contributed by atoms with E-state index in [2.05, 4.69) is 5.32 Å². The maximum absolute atomic E-state index is 12.3. The van der Waals surface area contributed by atoms with Crippen molar-refractivity contribution in [1.29, 1.82) is 10.5 Å². The molecule has 0 atom stereocenters. The summed E-state index contributed by atoms with van der Waals surface area (Å²) in [5, 5.41) is 20.8. The Balaban J connectivity index is 2.23. The second kappa shape index (κ2) is 7.57. The van der Waals surface area contributed by atoms with Gasteiger partial charge in [-0.3, -0.25) is 9.59 Å². The van der Waals surface area contributed by atoms with Crippen molar-refractivity contribution < 1.29 is 9.59 Å². The van der Waals surface area contributed by atoms with E-state index in [4.69, 9.17) is 10.5 Å². The molecule has 0 saturated heterocycles. The Kier molecular flexibility index (Phi) is 5.28. The smallest absolute Gasteiger partial charge is 0.244 e. The summed E-state index contributed by atoms with van der Waals surface area (Å²) in [7, 11) is 0. The molecule has 118 valence electrons. The van der Waals surface area contributed by atoms with Crippen LogP contribution in [0.1, 0.15) is 18.1 Å². The topological polar surface area (TPSA) is 97.0 Å². The summed E-state index contributed by atoms with van der Waals surface area (Å²) >= 11 is 0. The molecule has 0 aliphatic heterocycles. The Morgan fingerprint density at radius 1 is 1.00 bits per heavy atom. The van der Waals surface area contributed by atoms with Crippen molar-refractivity contribution in [1.82, 2.24) is 0 Å². The molecular weight excluding hydrogens is 304 g/mol. The van der Waals surface area contributed by atoms with E-state index in [9.17, 15) is 9.59 Å². The number of para-hydroxylation sites is 2. The third-order valence-corrected chi connectivity index (χ3v) is 3.32. The van der Waals surface area contributed by atoms with Gasteiger partial charge in [0, 0.05) is 6.92 Å². The largest absolute Gasteiger partial charge is 0.323 e. The fourth-order valence-corrected chi connectivity index (χ4v) is 2.19. The number of nitrogens with one attached hydrogen (secondary N) is 1. The average Bonchev–Trinajstić information content (AvgIpc) is 2.60. The Morgan fingerprint density at radius 3 is 2.21 bits per heavy atom. The molecule has 0 aliphatic carbocycles. The molecule has 24 heavy (non-hydrogen) atoms. The fourth-order valence-electron chi connectivity index (χ4n) is 2.19. The fraction of sp³-hybridized carbons (Fsp3) is 0.111. The highest BCUT2D eigenvalue weighted by Gasteiger charge is 2.19. The van der Waals surface area contributed by atoms with Gasteiger partial charge >= 0.3 is 0 Å². The molecule has 6 heteroatoms. The minimum atomic E-state index is -0.458. The van der Waals surface area contributed by atoms with Crippen LogP contribution in [0, 0.1) is 22.7 Å². The van der Waals surface area contributed by atoms with Crippen LogP contribution in [0.5, 0.6) is 0 Å². The molecule has 2 aromatic rings. The quantitative estimate of drug-likeness (QED) is 0.936. The van der Waals surface area contributed by atoms with Crippen molar-refractivity contribution in [2.45, 2.75) is 6.92 Å². The maximum Gasteiger partial charge on any atom is 0.244 e. The zero-order valence-corrected chi connectivity index (χ0v) is 13.0. The Morgan fingerprint density at radius 2 is 1.58 bits per heavy atom. The summed E-state index contributed by atoms with van der Waals surface area (Å²) in [4.78, 5) is 25.4. The van der Waals surface area contributed by atoms with Gasteiger partial charge in [-0.25, -0.2) is 0 Å². The van der Waals surface area contributed by atoms with Crippen molar-refractivity contribution >= 4 is 23.2 Å².